The van der Waals surface area contributed by atoms with Crippen LogP contribution in [0.1, 0.15) is 17.8 Å². The lowest BCUT2D eigenvalue weighted by Crippen LogP contribution is -2.45. The summed E-state index contributed by atoms with van der Waals surface area (Å²) >= 11 is 1.62. The summed E-state index contributed by atoms with van der Waals surface area (Å²) in [7, 11) is 1.99. The summed E-state index contributed by atoms with van der Waals surface area (Å²) in [6, 6.07) is 2.48. The van der Waals surface area contributed by atoms with Gasteiger partial charge in [-0.3, -0.25) is 0 Å². The maximum Gasteiger partial charge on any atom is 0.240 e. The molecule has 1 fully saturated rings. The molecule has 1 saturated carbocycles. The summed E-state index contributed by atoms with van der Waals surface area (Å²) in [5.41, 5.74) is 1.75. The lowest BCUT2D eigenvalue weighted by atomic mass is 9.89. The lowest BCUT2D eigenvalue weighted by Gasteiger charge is -2.34. The van der Waals surface area contributed by atoms with Crippen LogP contribution >= 0.6 is 11.3 Å². The highest BCUT2D eigenvalue weighted by Gasteiger charge is 2.30. The molecule has 3 aromatic rings. The van der Waals surface area contributed by atoms with E-state index in [1.807, 2.05) is 36.9 Å². The number of nitrogens with zero attached hydrogens (tertiary/aromatic N) is 4. The number of thiazole rings is 1. The zero-order valence-electron chi connectivity index (χ0n) is 12.5. The van der Waals surface area contributed by atoms with Gasteiger partial charge in [0.25, 0.3) is 0 Å². The minimum atomic E-state index is 0.224. The molecule has 0 unspecified atom stereocenters. The first kappa shape index (κ1) is 13.7. The van der Waals surface area contributed by atoms with Crippen molar-refractivity contribution in [2.45, 2.75) is 31.9 Å². The summed E-state index contributed by atoms with van der Waals surface area (Å²) in [6.45, 7) is 1.99. The molecule has 3 aromatic heterocycles. The molecule has 3 heterocycles. The first-order valence-corrected chi connectivity index (χ1v) is 8.15. The highest BCUT2D eigenvalue weighted by Crippen LogP contribution is 2.31. The molecule has 114 valence electrons. The van der Waals surface area contributed by atoms with Gasteiger partial charge in [0.05, 0.1) is 22.3 Å². The Hall–Kier alpha value is -1.99. The maximum atomic E-state index is 6.10. The van der Waals surface area contributed by atoms with Gasteiger partial charge in [-0.1, -0.05) is 0 Å². The van der Waals surface area contributed by atoms with Gasteiger partial charge in [-0.05, 0) is 32.9 Å². The second kappa shape index (κ2) is 5.33. The first-order valence-electron chi connectivity index (χ1n) is 7.34. The van der Waals surface area contributed by atoms with Gasteiger partial charge in [-0.2, -0.15) is 5.10 Å². The molecule has 4 rings (SSSR count). The second-order valence-electron chi connectivity index (χ2n) is 5.53. The van der Waals surface area contributed by atoms with Crippen LogP contribution in [0, 0.1) is 6.92 Å². The van der Waals surface area contributed by atoms with Crippen molar-refractivity contribution >= 4 is 16.9 Å². The van der Waals surface area contributed by atoms with Crippen molar-refractivity contribution in [2.75, 3.05) is 7.05 Å². The normalized spacial score (nSPS) is 21.0. The van der Waals surface area contributed by atoms with E-state index in [-0.39, 0.29) is 6.10 Å². The SMILES string of the molecule is CNC1CC(Oc2nc(-c3cnc(C)s3)cn3nccc23)C1. The van der Waals surface area contributed by atoms with Gasteiger partial charge < -0.3 is 10.1 Å². The van der Waals surface area contributed by atoms with Crippen molar-refractivity contribution in [3.05, 3.63) is 29.7 Å². The molecule has 0 radical (unpaired) electrons. The zero-order valence-corrected chi connectivity index (χ0v) is 13.3. The molecular formula is C15H17N5OS. The van der Waals surface area contributed by atoms with Gasteiger partial charge in [-0.15, -0.1) is 11.3 Å². The van der Waals surface area contributed by atoms with Gasteiger partial charge in [0.1, 0.15) is 17.3 Å². The number of hydrogen-bond acceptors (Lipinski definition) is 6. The van der Waals surface area contributed by atoms with Crippen molar-refractivity contribution in [1.82, 2.24) is 24.9 Å². The summed E-state index contributed by atoms with van der Waals surface area (Å²) < 4.78 is 7.92. The summed E-state index contributed by atoms with van der Waals surface area (Å²) in [5, 5.41) is 8.61. The van der Waals surface area contributed by atoms with Gasteiger partial charge in [0.2, 0.25) is 5.88 Å². The van der Waals surface area contributed by atoms with Crippen LogP contribution in [-0.4, -0.2) is 38.8 Å². The molecule has 7 heteroatoms. The molecule has 0 aromatic carbocycles. The van der Waals surface area contributed by atoms with Crippen LogP contribution in [0.5, 0.6) is 5.88 Å². The summed E-state index contributed by atoms with van der Waals surface area (Å²) in [6.07, 6.45) is 7.80. The van der Waals surface area contributed by atoms with E-state index in [0.29, 0.717) is 11.9 Å². The van der Waals surface area contributed by atoms with E-state index in [1.54, 1.807) is 17.5 Å². The lowest BCUT2D eigenvalue weighted by molar-refractivity contribution is 0.0852. The Kier molecular flexibility index (Phi) is 3.31. The van der Waals surface area contributed by atoms with E-state index >= 15 is 0 Å². The Morgan fingerprint density at radius 2 is 2.27 bits per heavy atom. The largest absolute Gasteiger partial charge is 0.473 e. The number of nitrogens with one attached hydrogen (secondary N) is 1. The average Bonchev–Trinajstić information content (AvgIpc) is 3.10. The van der Waals surface area contributed by atoms with Crippen LogP contribution in [0.25, 0.3) is 16.1 Å². The van der Waals surface area contributed by atoms with Crippen molar-refractivity contribution in [2.24, 2.45) is 0 Å². The number of rotatable bonds is 4. The van der Waals surface area contributed by atoms with Crippen molar-refractivity contribution in [1.29, 1.82) is 0 Å². The van der Waals surface area contributed by atoms with E-state index in [4.69, 9.17) is 9.72 Å². The number of aryl methyl sites for hydroxylation is 1. The Bertz CT molecular complexity index is 805. The predicted molar refractivity (Wildman–Crippen MR) is 85.3 cm³/mol. The Morgan fingerprint density at radius 1 is 1.41 bits per heavy atom. The Morgan fingerprint density at radius 3 is 3.00 bits per heavy atom. The molecule has 0 amide bonds. The van der Waals surface area contributed by atoms with E-state index in [1.165, 1.54) is 0 Å². The third-order valence-corrected chi connectivity index (χ3v) is 4.95. The molecule has 1 aliphatic rings. The van der Waals surface area contributed by atoms with Crippen LogP contribution in [0.4, 0.5) is 0 Å². The van der Waals surface area contributed by atoms with E-state index in [2.05, 4.69) is 15.4 Å². The number of hydrogen-bond donors (Lipinski definition) is 1. The molecule has 1 aliphatic carbocycles. The minimum absolute atomic E-state index is 0.224. The third kappa shape index (κ3) is 2.36. The molecule has 0 bridgehead atoms. The monoisotopic (exact) mass is 315 g/mol. The van der Waals surface area contributed by atoms with E-state index < -0.39 is 0 Å². The van der Waals surface area contributed by atoms with Gasteiger partial charge in [0.15, 0.2) is 0 Å². The molecule has 0 aliphatic heterocycles. The fourth-order valence-electron chi connectivity index (χ4n) is 2.64. The van der Waals surface area contributed by atoms with E-state index in [9.17, 15) is 0 Å². The fourth-order valence-corrected chi connectivity index (χ4v) is 3.37. The number of fused-ring (bicyclic) bond motifs is 1. The third-order valence-electron chi connectivity index (χ3n) is 4.01. The molecule has 1 N–H and O–H groups in total. The van der Waals surface area contributed by atoms with Crippen molar-refractivity contribution < 1.29 is 4.74 Å². The van der Waals surface area contributed by atoms with Gasteiger partial charge >= 0.3 is 0 Å². The minimum Gasteiger partial charge on any atom is -0.473 e. The van der Waals surface area contributed by atoms with Crippen molar-refractivity contribution in [3.63, 3.8) is 0 Å². The average molecular weight is 315 g/mol. The molecular weight excluding hydrogens is 298 g/mol. The fraction of sp³-hybridized carbons (Fsp3) is 0.400. The van der Waals surface area contributed by atoms with Crippen LogP contribution in [-0.2, 0) is 0 Å². The molecule has 0 spiro atoms. The first-order chi connectivity index (χ1) is 10.7. The van der Waals surface area contributed by atoms with Crippen LogP contribution < -0.4 is 10.1 Å². The standard InChI is InChI=1S/C15H17N5OS/c1-9-17-7-14(22-9)12-8-20-13(3-4-18-20)15(19-12)21-11-5-10(6-11)16-2/h3-4,7-8,10-11,16H,5-6H2,1-2H3. The highest BCUT2D eigenvalue weighted by atomic mass is 32.1. The number of ether oxygens (including phenoxy) is 1. The summed E-state index contributed by atoms with van der Waals surface area (Å²) in [5.74, 6) is 0.653. The van der Waals surface area contributed by atoms with Crippen LogP contribution in [0.3, 0.4) is 0 Å². The van der Waals surface area contributed by atoms with Crippen LogP contribution in [0.2, 0.25) is 0 Å². The van der Waals surface area contributed by atoms with E-state index in [0.717, 1.165) is 33.9 Å². The van der Waals surface area contributed by atoms with Crippen molar-refractivity contribution in [3.8, 4) is 16.5 Å². The smallest absolute Gasteiger partial charge is 0.240 e. The summed E-state index contributed by atoms with van der Waals surface area (Å²) in [4.78, 5) is 10.0. The topological polar surface area (TPSA) is 64.3 Å². The molecule has 22 heavy (non-hydrogen) atoms. The maximum absolute atomic E-state index is 6.10. The highest BCUT2D eigenvalue weighted by molar-refractivity contribution is 7.15. The molecule has 0 saturated heterocycles. The van der Waals surface area contributed by atoms with Gasteiger partial charge in [-0.25, -0.2) is 14.5 Å². The molecule has 6 nitrogen and oxygen atoms in total. The Balaban J connectivity index is 1.68. The number of aromatic nitrogens is 4. The van der Waals surface area contributed by atoms with Gasteiger partial charge in [0, 0.05) is 12.2 Å². The Labute approximate surface area is 132 Å². The molecule has 0 atom stereocenters. The second-order valence-corrected chi connectivity index (χ2v) is 6.77. The van der Waals surface area contributed by atoms with Crippen LogP contribution in [0.15, 0.2) is 24.7 Å². The quantitative estimate of drug-likeness (QED) is 0.800. The zero-order chi connectivity index (χ0) is 15.1. The predicted octanol–water partition coefficient (Wildman–Crippen LogP) is 2.29.